The second kappa shape index (κ2) is 9.23. The first-order chi connectivity index (χ1) is 14.2. The molecule has 0 saturated carbocycles. The van der Waals surface area contributed by atoms with Crippen LogP contribution in [-0.2, 0) is 6.54 Å². The van der Waals surface area contributed by atoms with E-state index in [1.807, 2.05) is 35.2 Å². The van der Waals surface area contributed by atoms with Crippen molar-refractivity contribution in [2.45, 2.75) is 23.7 Å². The topological polar surface area (TPSA) is 91.0 Å². The first kappa shape index (κ1) is 19.7. The van der Waals surface area contributed by atoms with Gasteiger partial charge in [0.15, 0.2) is 10.1 Å². The summed E-state index contributed by atoms with van der Waals surface area (Å²) in [7, 11) is 0. The van der Waals surface area contributed by atoms with Crippen LogP contribution in [-0.4, -0.2) is 50.6 Å². The number of nitrogens with one attached hydrogen (secondary N) is 2. The highest BCUT2D eigenvalue weighted by Crippen LogP contribution is 2.26. The van der Waals surface area contributed by atoms with Crippen LogP contribution in [0, 0.1) is 0 Å². The maximum atomic E-state index is 12.5. The van der Waals surface area contributed by atoms with Crippen LogP contribution < -0.4 is 5.32 Å². The molecular formula is C20H21N5O2S2. The fraction of sp³-hybridized carbons (Fsp3) is 0.300. The van der Waals surface area contributed by atoms with E-state index < -0.39 is 0 Å². The summed E-state index contributed by atoms with van der Waals surface area (Å²) >= 11 is 2.78. The maximum absolute atomic E-state index is 12.5. The van der Waals surface area contributed by atoms with Crippen molar-refractivity contribution >= 4 is 39.9 Å². The van der Waals surface area contributed by atoms with E-state index >= 15 is 0 Å². The Morgan fingerprint density at radius 3 is 2.76 bits per heavy atom. The third-order valence-electron chi connectivity index (χ3n) is 4.65. The summed E-state index contributed by atoms with van der Waals surface area (Å²) in [5.74, 6) is 0.177. The van der Waals surface area contributed by atoms with Crippen molar-refractivity contribution in [3.05, 3.63) is 59.4 Å². The van der Waals surface area contributed by atoms with Gasteiger partial charge in [-0.2, -0.15) is 0 Å². The number of aromatic amines is 1. The van der Waals surface area contributed by atoms with Crippen molar-refractivity contribution in [3.63, 3.8) is 0 Å². The van der Waals surface area contributed by atoms with E-state index in [9.17, 15) is 9.59 Å². The molecular weight excluding hydrogens is 406 g/mol. The zero-order valence-electron chi connectivity index (χ0n) is 15.8. The number of hydrogen-bond donors (Lipinski definition) is 2. The minimum atomic E-state index is -0.0410. The summed E-state index contributed by atoms with van der Waals surface area (Å²) in [5.41, 5.74) is 2.16. The Bertz CT molecular complexity index is 980. The van der Waals surface area contributed by atoms with E-state index in [0.717, 1.165) is 35.4 Å². The predicted molar refractivity (Wildman–Crippen MR) is 115 cm³/mol. The van der Waals surface area contributed by atoms with Crippen LogP contribution in [0.1, 0.15) is 39.3 Å². The molecule has 1 amide bonds. The predicted octanol–water partition coefficient (Wildman–Crippen LogP) is 3.69. The van der Waals surface area contributed by atoms with Crippen molar-refractivity contribution in [2.75, 3.05) is 24.2 Å². The summed E-state index contributed by atoms with van der Waals surface area (Å²) in [6.45, 7) is 2.25. The Labute approximate surface area is 176 Å². The van der Waals surface area contributed by atoms with Crippen molar-refractivity contribution in [1.29, 1.82) is 0 Å². The maximum Gasteiger partial charge on any atom is 0.270 e. The Balaban J connectivity index is 1.27. The lowest BCUT2D eigenvalue weighted by Crippen LogP contribution is -2.27. The summed E-state index contributed by atoms with van der Waals surface area (Å²) in [4.78, 5) is 29.6. The number of hydrogen-bond acceptors (Lipinski definition) is 7. The van der Waals surface area contributed by atoms with Gasteiger partial charge in [0, 0.05) is 31.4 Å². The van der Waals surface area contributed by atoms with Crippen molar-refractivity contribution in [3.8, 4) is 0 Å². The normalized spacial score (nSPS) is 13.6. The summed E-state index contributed by atoms with van der Waals surface area (Å²) < 4.78 is 0.734. The number of H-pyrrole nitrogens is 1. The largest absolute Gasteiger partial charge is 0.356 e. The zero-order valence-corrected chi connectivity index (χ0v) is 17.4. The lowest BCUT2D eigenvalue weighted by Gasteiger charge is -2.13. The molecule has 0 radical (unpaired) electrons. The van der Waals surface area contributed by atoms with Crippen LogP contribution in [0.3, 0.4) is 0 Å². The van der Waals surface area contributed by atoms with Gasteiger partial charge in [-0.3, -0.25) is 9.59 Å². The van der Waals surface area contributed by atoms with Crippen LogP contribution in [0.5, 0.6) is 0 Å². The molecule has 9 heteroatoms. The van der Waals surface area contributed by atoms with E-state index in [0.29, 0.717) is 17.8 Å². The molecule has 1 saturated heterocycles. The van der Waals surface area contributed by atoms with E-state index in [4.69, 9.17) is 0 Å². The van der Waals surface area contributed by atoms with Gasteiger partial charge in [0.25, 0.3) is 5.91 Å². The first-order valence-electron chi connectivity index (χ1n) is 9.44. The second-order valence-corrected chi connectivity index (χ2v) is 8.93. The number of aromatic nitrogens is 3. The van der Waals surface area contributed by atoms with Crippen molar-refractivity contribution in [1.82, 2.24) is 20.1 Å². The highest BCUT2D eigenvalue weighted by molar-refractivity contribution is 8.01. The molecule has 1 aromatic carbocycles. The standard InChI is InChI=1S/C20H21N5O2S2/c26-17(15-10-16(21-12-15)18(27)25-8-4-5-9-25)13-28-20-24-23-19(29-20)22-11-14-6-2-1-3-7-14/h1-3,6-7,10,12,21H,4-5,8-9,11,13H2,(H,22,23). The molecule has 2 N–H and O–H groups in total. The minimum Gasteiger partial charge on any atom is -0.356 e. The molecule has 2 aromatic heterocycles. The van der Waals surface area contributed by atoms with Gasteiger partial charge in [-0.15, -0.1) is 10.2 Å². The summed E-state index contributed by atoms with van der Waals surface area (Å²) in [5, 5.41) is 12.2. The van der Waals surface area contributed by atoms with E-state index in [2.05, 4.69) is 20.5 Å². The molecule has 7 nitrogen and oxygen atoms in total. The van der Waals surface area contributed by atoms with Crippen LogP contribution in [0.4, 0.5) is 5.13 Å². The van der Waals surface area contributed by atoms with Gasteiger partial charge in [-0.25, -0.2) is 0 Å². The van der Waals surface area contributed by atoms with E-state index in [-0.39, 0.29) is 17.4 Å². The molecule has 0 atom stereocenters. The van der Waals surface area contributed by atoms with Crippen LogP contribution in [0.2, 0.25) is 0 Å². The Morgan fingerprint density at radius 1 is 1.17 bits per heavy atom. The number of carbonyl (C=O) groups is 2. The van der Waals surface area contributed by atoms with Crippen LogP contribution in [0.15, 0.2) is 46.9 Å². The van der Waals surface area contributed by atoms with Gasteiger partial charge in [-0.1, -0.05) is 53.4 Å². The SMILES string of the molecule is O=C(CSc1nnc(NCc2ccccc2)s1)c1c[nH]c(C(=O)N2CCCC2)c1. The minimum absolute atomic E-state index is 0.0348. The number of ketones is 1. The molecule has 1 aliphatic rings. The van der Waals surface area contributed by atoms with Gasteiger partial charge in [-0.05, 0) is 24.5 Å². The Kier molecular flexibility index (Phi) is 6.26. The fourth-order valence-corrected chi connectivity index (χ4v) is 4.74. The van der Waals surface area contributed by atoms with Gasteiger partial charge in [0.2, 0.25) is 5.13 Å². The number of nitrogens with zero attached hydrogens (tertiary/aromatic N) is 3. The van der Waals surface area contributed by atoms with E-state index in [1.54, 1.807) is 12.3 Å². The average molecular weight is 428 g/mol. The van der Waals surface area contributed by atoms with Gasteiger partial charge < -0.3 is 15.2 Å². The smallest absolute Gasteiger partial charge is 0.270 e. The highest BCUT2D eigenvalue weighted by atomic mass is 32.2. The first-order valence-corrected chi connectivity index (χ1v) is 11.2. The zero-order chi connectivity index (χ0) is 20.1. The Hall–Kier alpha value is -2.65. The van der Waals surface area contributed by atoms with Gasteiger partial charge in [0.05, 0.1) is 5.75 Å². The number of amides is 1. The fourth-order valence-electron chi connectivity index (χ4n) is 3.09. The quantitative estimate of drug-likeness (QED) is 0.421. The number of thioether (sulfide) groups is 1. The van der Waals surface area contributed by atoms with Gasteiger partial charge in [0.1, 0.15) is 5.69 Å². The molecule has 0 spiro atoms. The van der Waals surface area contributed by atoms with Crippen molar-refractivity contribution in [2.24, 2.45) is 0 Å². The number of benzene rings is 1. The third-order valence-corrected chi connectivity index (χ3v) is 6.66. The number of rotatable bonds is 8. The Morgan fingerprint density at radius 2 is 1.97 bits per heavy atom. The molecule has 0 aliphatic carbocycles. The molecule has 1 aliphatic heterocycles. The second-order valence-electron chi connectivity index (χ2n) is 6.73. The lowest BCUT2D eigenvalue weighted by molar-refractivity contribution is 0.0787. The molecule has 0 unspecified atom stereocenters. The number of likely N-dealkylation sites (tertiary alicyclic amines) is 1. The van der Waals surface area contributed by atoms with Crippen molar-refractivity contribution < 1.29 is 9.59 Å². The molecule has 4 rings (SSSR count). The summed E-state index contributed by atoms with van der Waals surface area (Å²) in [6, 6.07) is 11.7. The van der Waals surface area contributed by atoms with Crippen LogP contribution in [0.25, 0.3) is 0 Å². The summed E-state index contributed by atoms with van der Waals surface area (Å²) in [6.07, 6.45) is 3.69. The number of carbonyl (C=O) groups excluding carboxylic acids is 2. The molecule has 0 bridgehead atoms. The highest BCUT2D eigenvalue weighted by Gasteiger charge is 2.21. The molecule has 3 heterocycles. The average Bonchev–Trinajstić information content (AvgIpc) is 3.52. The third kappa shape index (κ3) is 5.04. The molecule has 150 valence electrons. The number of Topliss-reactive ketones (excluding diaryl/α,β-unsaturated/α-hetero) is 1. The lowest BCUT2D eigenvalue weighted by atomic mass is 10.2. The monoisotopic (exact) mass is 427 g/mol. The molecule has 1 fully saturated rings. The molecule has 3 aromatic rings. The van der Waals surface area contributed by atoms with Crippen LogP contribution >= 0.6 is 23.1 Å². The molecule has 29 heavy (non-hydrogen) atoms. The van der Waals surface area contributed by atoms with E-state index in [1.165, 1.54) is 28.7 Å². The van der Waals surface area contributed by atoms with Gasteiger partial charge >= 0.3 is 0 Å². The number of anilines is 1.